The molecule has 1 aromatic rings. The van der Waals surface area contributed by atoms with Gasteiger partial charge < -0.3 is 5.11 Å². The summed E-state index contributed by atoms with van der Waals surface area (Å²) < 4.78 is 27.0. The van der Waals surface area contributed by atoms with E-state index in [-0.39, 0.29) is 5.56 Å². The maximum atomic E-state index is 13.7. The van der Waals surface area contributed by atoms with E-state index in [2.05, 4.69) is 0 Å². The molecule has 4 heteroatoms. The van der Waals surface area contributed by atoms with Gasteiger partial charge in [0.15, 0.2) is 0 Å². The monoisotopic (exact) mass is 214 g/mol. The molecule has 1 aromatic carbocycles. The van der Waals surface area contributed by atoms with Crippen molar-refractivity contribution in [3.63, 3.8) is 0 Å². The number of hydrogen-bond donors (Lipinski definition) is 1. The smallest absolute Gasteiger partial charge is 0.338 e. The summed E-state index contributed by atoms with van der Waals surface area (Å²) in [6.45, 7) is 4.88. The Labute approximate surface area is 86.5 Å². The number of carbonyl (C=O) groups is 1. The van der Waals surface area contributed by atoms with E-state index in [4.69, 9.17) is 5.11 Å². The molecule has 0 saturated heterocycles. The number of rotatable bonds is 1. The van der Waals surface area contributed by atoms with Crippen molar-refractivity contribution in [3.05, 3.63) is 34.9 Å². The maximum absolute atomic E-state index is 13.7. The molecule has 0 bridgehead atoms. The third-order valence-electron chi connectivity index (χ3n) is 2.07. The van der Waals surface area contributed by atoms with Crippen molar-refractivity contribution in [2.75, 3.05) is 0 Å². The van der Waals surface area contributed by atoms with E-state index >= 15 is 0 Å². The Morgan fingerprint density at radius 3 is 2.20 bits per heavy atom. The predicted molar refractivity (Wildman–Crippen MR) is 52.0 cm³/mol. The second-order valence-corrected chi connectivity index (χ2v) is 4.34. The SMILES string of the molecule is CC(C)(C)c1c(F)ccc(C(=O)O)c1F. The van der Waals surface area contributed by atoms with Crippen molar-refractivity contribution >= 4 is 5.97 Å². The summed E-state index contributed by atoms with van der Waals surface area (Å²) in [6, 6.07) is 1.91. The van der Waals surface area contributed by atoms with E-state index in [1.807, 2.05) is 0 Å². The second kappa shape index (κ2) is 3.61. The van der Waals surface area contributed by atoms with Crippen LogP contribution in [0.2, 0.25) is 0 Å². The Hall–Kier alpha value is -1.45. The fourth-order valence-corrected chi connectivity index (χ4v) is 1.41. The first-order valence-corrected chi connectivity index (χ1v) is 4.47. The third kappa shape index (κ3) is 2.14. The van der Waals surface area contributed by atoms with Crippen molar-refractivity contribution in [2.45, 2.75) is 26.2 Å². The molecule has 0 spiro atoms. The van der Waals surface area contributed by atoms with E-state index in [0.29, 0.717) is 0 Å². The van der Waals surface area contributed by atoms with Gasteiger partial charge in [0.05, 0.1) is 5.56 Å². The highest BCUT2D eigenvalue weighted by Gasteiger charge is 2.26. The lowest BCUT2D eigenvalue weighted by Crippen LogP contribution is -2.18. The lowest BCUT2D eigenvalue weighted by atomic mass is 9.85. The molecular weight excluding hydrogens is 202 g/mol. The molecule has 2 nitrogen and oxygen atoms in total. The number of hydrogen-bond acceptors (Lipinski definition) is 1. The van der Waals surface area contributed by atoms with E-state index in [9.17, 15) is 13.6 Å². The number of halogens is 2. The minimum atomic E-state index is -1.39. The van der Waals surface area contributed by atoms with Crippen molar-refractivity contribution in [1.29, 1.82) is 0 Å². The van der Waals surface area contributed by atoms with Crippen LogP contribution in [0.5, 0.6) is 0 Å². The quantitative estimate of drug-likeness (QED) is 0.780. The molecule has 82 valence electrons. The van der Waals surface area contributed by atoms with Crippen LogP contribution < -0.4 is 0 Å². The molecule has 0 atom stereocenters. The molecule has 0 aromatic heterocycles. The molecule has 0 aliphatic rings. The van der Waals surface area contributed by atoms with E-state index in [0.717, 1.165) is 12.1 Å². The van der Waals surface area contributed by atoms with Gasteiger partial charge in [0.2, 0.25) is 0 Å². The normalized spacial score (nSPS) is 11.5. The Morgan fingerprint density at radius 1 is 1.27 bits per heavy atom. The molecular formula is C11H12F2O2. The van der Waals surface area contributed by atoms with Gasteiger partial charge in [-0.05, 0) is 17.5 Å². The fraction of sp³-hybridized carbons (Fsp3) is 0.364. The molecule has 0 radical (unpaired) electrons. The molecule has 0 aliphatic heterocycles. The zero-order valence-corrected chi connectivity index (χ0v) is 8.77. The second-order valence-electron chi connectivity index (χ2n) is 4.34. The summed E-state index contributed by atoms with van der Waals surface area (Å²) in [4.78, 5) is 10.6. The summed E-state index contributed by atoms with van der Waals surface area (Å²) in [5.41, 5.74) is -1.46. The van der Waals surface area contributed by atoms with Crippen LogP contribution in [-0.2, 0) is 5.41 Å². The average Bonchev–Trinajstić information content (AvgIpc) is 2.00. The lowest BCUT2D eigenvalue weighted by molar-refractivity contribution is 0.0691. The number of carboxylic acid groups (broad SMARTS) is 1. The molecule has 0 aliphatic carbocycles. The molecule has 0 fully saturated rings. The summed E-state index contributed by atoms with van der Waals surface area (Å²) in [6.07, 6.45) is 0. The van der Waals surface area contributed by atoms with Gasteiger partial charge in [-0.1, -0.05) is 20.8 Å². The van der Waals surface area contributed by atoms with Crippen molar-refractivity contribution in [2.24, 2.45) is 0 Å². The highest BCUT2D eigenvalue weighted by Crippen LogP contribution is 2.29. The highest BCUT2D eigenvalue weighted by molar-refractivity contribution is 5.88. The molecule has 15 heavy (non-hydrogen) atoms. The van der Waals surface area contributed by atoms with Crippen LogP contribution in [0.25, 0.3) is 0 Å². The maximum Gasteiger partial charge on any atom is 0.338 e. The molecule has 0 unspecified atom stereocenters. The van der Waals surface area contributed by atoms with Gasteiger partial charge in [-0.25, -0.2) is 13.6 Å². The van der Waals surface area contributed by atoms with Crippen LogP contribution in [-0.4, -0.2) is 11.1 Å². The third-order valence-corrected chi connectivity index (χ3v) is 2.07. The Morgan fingerprint density at radius 2 is 1.80 bits per heavy atom. The average molecular weight is 214 g/mol. The van der Waals surface area contributed by atoms with E-state index < -0.39 is 28.6 Å². The van der Waals surface area contributed by atoms with Gasteiger partial charge in [0.25, 0.3) is 0 Å². The number of aromatic carboxylic acids is 1. The molecule has 0 amide bonds. The van der Waals surface area contributed by atoms with Crippen LogP contribution in [0.4, 0.5) is 8.78 Å². The zero-order chi connectivity index (χ0) is 11.8. The highest BCUT2D eigenvalue weighted by atomic mass is 19.1. The Balaban J connectivity index is 3.51. The number of benzene rings is 1. The van der Waals surface area contributed by atoms with Gasteiger partial charge in [0.1, 0.15) is 11.6 Å². The Kier molecular flexibility index (Phi) is 2.79. The Bertz CT molecular complexity index is 406. The molecule has 1 N–H and O–H groups in total. The van der Waals surface area contributed by atoms with Crippen LogP contribution in [0.3, 0.4) is 0 Å². The summed E-state index contributed by atoms with van der Waals surface area (Å²) in [5, 5.41) is 8.68. The zero-order valence-electron chi connectivity index (χ0n) is 8.77. The van der Waals surface area contributed by atoms with Crippen LogP contribution in [0, 0.1) is 11.6 Å². The standard InChI is InChI=1S/C11H12F2O2/c1-11(2,3)8-7(12)5-4-6(9(8)13)10(14)15/h4-5H,1-3H3,(H,14,15). The largest absolute Gasteiger partial charge is 0.478 e. The van der Waals surface area contributed by atoms with Crippen molar-refractivity contribution in [3.8, 4) is 0 Å². The van der Waals surface area contributed by atoms with Gasteiger partial charge in [-0.3, -0.25) is 0 Å². The summed E-state index contributed by atoms with van der Waals surface area (Å²) in [7, 11) is 0. The van der Waals surface area contributed by atoms with Gasteiger partial charge in [0, 0.05) is 5.56 Å². The summed E-state index contributed by atoms with van der Waals surface area (Å²) in [5.74, 6) is -3.10. The minimum absolute atomic E-state index is 0.192. The van der Waals surface area contributed by atoms with Crippen LogP contribution in [0.15, 0.2) is 12.1 Å². The summed E-state index contributed by atoms with van der Waals surface area (Å²) >= 11 is 0. The van der Waals surface area contributed by atoms with Gasteiger partial charge >= 0.3 is 5.97 Å². The van der Waals surface area contributed by atoms with E-state index in [1.165, 1.54) is 0 Å². The van der Waals surface area contributed by atoms with Crippen LogP contribution in [0.1, 0.15) is 36.7 Å². The van der Waals surface area contributed by atoms with Crippen molar-refractivity contribution in [1.82, 2.24) is 0 Å². The van der Waals surface area contributed by atoms with Crippen LogP contribution >= 0.6 is 0 Å². The first kappa shape index (κ1) is 11.6. The predicted octanol–water partition coefficient (Wildman–Crippen LogP) is 2.96. The minimum Gasteiger partial charge on any atom is -0.478 e. The van der Waals surface area contributed by atoms with Gasteiger partial charge in [-0.2, -0.15) is 0 Å². The van der Waals surface area contributed by atoms with E-state index in [1.54, 1.807) is 20.8 Å². The lowest BCUT2D eigenvalue weighted by Gasteiger charge is -2.21. The fourth-order valence-electron chi connectivity index (χ4n) is 1.41. The molecule has 0 saturated carbocycles. The molecule has 1 rings (SSSR count). The first-order chi connectivity index (χ1) is 6.75. The first-order valence-electron chi connectivity index (χ1n) is 4.47. The van der Waals surface area contributed by atoms with Gasteiger partial charge in [-0.15, -0.1) is 0 Å². The molecule has 0 heterocycles. The number of carboxylic acids is 1. The van der Waals surface area contributed by atoms with Crippen molar-refractivity contribution < 1.29 is 18.7 Å². The topological polar surface area (TPSA) is 37.3 Å².